The van der Waals surface area contributed by atoms with Crippen molar-refractivity contribution < 1.29 is 24.5 Å². The third-order valence-electron chi connectivity index (χ3n) is 4.07. The van der Waals surface area contributed by atoms with Gasteiger partial charge in [-0.3, -0.25) is 14.5 Å². The highest BCUT2D eigenvalue weighted by Gasteiger charge is 2.44. The average molecular weight is 419 g/mol. The molecule has 134 valence electrons. The van der Waals surface area contributed by atoms with Gasteiger partial charge >= 0.3 is 0 Å². The molecule has 7 nitrogen and oxygen atoms in total. The van der Waals surface area contributed by atoms with E-state index in [0.29, 0.717) is 5.56 Å². The number of carbonyl (C=O) groups is 2. The Balaban J connectivity index is 2.19. The number of phenols is 1. The largest absolute Gasteiger partial charge is 0.504 e. The number of ether oxygens (including phenoxy) is 1. The van der Waals surface area contributed by atoms with Crippen LogP contribution in [0.3, 0.4) is 0 Å². The number of pyridine rings is 1. The highest BCUT2D eigenvalue weighted by molar-refractivity contribution is 9.10. The van der Waals surface area contributed by atoms with Crippen molar-refractivity contribution in [2.75, 3.05) is 12.0 Å². The minimum Gasteiger partial charge on any atom is -0.504 e. The maximum absolute atomic E-state index is 12.6. The van der Waals surface area contributed by atoms with E-state index in [4.69, 9.17) is 4.74 Å². The van der Waals surface area contributed by atoms with Crippen LogP contribution >= 0.6 is 15.9 Å². The van der Waals surface area contributed by atoms with E-state index in [1.807, 2.05) is 0 Å². The first-order valence-electron chi connectivity index (χ1n) is 7.61. The second-order valence-electron chi connectivity index (χ2n) is 5.66. The minimum absolute atomic E-state index is 0.0348. The van der Waals surface area contributed by atoms with Gasteiger partial charge in [0.1, 0.15) is 5.82 Å². The zero-order chi connectivity index (χ0) is 19.0. The number of Topliss-reactive ketones (excluding diaryl/α,β-unsaturated/α-hetero) is 1. The van der Waals surface area contributed by atoms with Crippen LogP contribution in [-0.2, 0) is 9.59 Å². The Labute approximate surface area is 157 Å². The van der Waals surface area contributed by atoms with E-state index in [-0.39, 0.29) is 22.9 Å². The number of aromatic hydroxyl groups is 1. The molecular formula is C18H15BrN2O5. The summed E-state index contributed by atoms with van der Waals surface area (Å²) >= 11 is 3.28. The molecule has 0 aliphatic carbocycles. The smallest absolute Gasteiger partial charge is 0.295 e. The number of phenolic OH excluding ortho intramolecular Hbond substituents is 1. The Bertz CT molecular complexity index is 924. The molecule has 2 aromatic rings. The quantitative estimate of drug-likeness (QED) is 0.791. The Morgan fingerprint density at radius 2 is 2.00 bits per heavy atom. The number of aliphatic hydroxyl groups excluding tert-OH is 1. The summed E-state index contributed by atoms with van der Waals surface area (Å²) in [5, 5.41) is 20.1. The molecule has 0 saturated heterocycles. The number of hydrogen-bond donors (Lipinski definition) is 2. The number of halogens is 1. The van der Waals surface area contributed by atoms with Crippen LogP contribution in [0, 0.1) is 0 Å². The zero-order valence-corrected chi connectivity index (χ0v) is 15.5. The van der Waals surface area contributed by atoms with Crippen LogP contribution in [0.25, 0.3) is 0 Å². The number of aliphatic hydroxyl groups is 1. The Morgan fingerprint density at radius 3 is 2.58 bits per heavy atom. The van der Waals surface area contributed by atoms with Crippen molar-refractivity contribution in [3.8, 4) is 11.5 Å². The van der Waals surface area contributed by atoms with Crippen molar-refractivity contribution in [2.45, 2.75) is 13.0 Å². The molecule has 2 N–H and O–H groups in total. The fourth-order valence-corrected chi connectivity index (χ4v) is 3.13. The molecule has 1 aromatic carbocycles. The predicted molar refractivity (Wildman–Crippen MR) is 97.2 cm³/mol. The first kappa shape index (κ1) is 17.9. The van der Waals surface area contributed by atoms with Gasteiger partial charge in [0, 0.05) is 10.7 Å². The Hall–Kier alpha value is -2.87. The summed E-state index contributed by atoms with van der Waals surface area (Å²) in [5.41, 5.74) is 0.458. The average Bonchev–Trinajstić information content (AvgIpc) is 2.88. The van der Waals surface area contributed by atoms with Gasteiger partial charge < -0.3 is 14.9 Å². The fourth-order valence-electron chi connectivity index (χ4n) is 2.89. The molecular weight excluding hydrogens is 404 g/mol. The molecule has 0 unspecified atom stereocenters. The molecule has 0 spiro atoms. The fraction of sp³-hybridized carbons (Fsp3) is 0.167. The van der Waals surface area contributed by atoms with Crippen molar-refractivity contribution >= 4 is 33.4 Å². The van der Waals surface area contributed by atoms with Crippen molar-refractivity contribution in [1.82, 2.24) is 4.98 Å². The third-order valence-corrected chi connectivity index (χ3v) is 4.53. The molecule has 2 heterocycles. The lowest BCUT2D eigenvalue weighted by atomic mass is 9.96. The maximum Gasteiger partial charge on any atom is 0.295 e. The lowest BCUT2D eigenvalue weighted by Gasteiger charge is -2.26. The standard InChI is InChI=1S/C18H15BrN2O5/c1-9(22)15-16(10-3-5-12(23)13(7-10)26-2)21(18(25)17(15)24)14-6-4-11(19)8-20-14/h3-8,16,23-24H,1-2H3/t16-/m1/s1. The SMILES string of the molecule is COc1cc([C@@H]2C(C(C)=O)=C(O)C(=O)N2c2ccc(Br)cn2)ccc1O. The van der Waals surface area contributed by atoms with Crippen molar-refractivity contribution in [1.29, 1.82) is 0 Å². The van der Waals surface area contributed by atoms with Gasteiger partial charge in [0.25, 0.3) is 5.91 Å². The summed E-state index contributed by atoms with van der Waals surface area (Å²) in [5.74, 6) is -1.38. The number of rotatable bonds is 4. The lowest BCUT2D eigenvalue weighted by molar-refractivity contribution is -0.117. The van der Waals surface area contributed by atoms with Crippen LogP contribution < -0.4 is 9.64 Å². The van der Waals surface area contributed by atoms with Gasteiger partial charge in [0.15, 0.2) is 23.0 Å². The summed E-state index contributed by atoms with van der Waals surface area (Å²) in [4.78, 5) is 30.2. The van der Waals surface area contributed by atoms with E-state index < -0.39 is 23.5 Å². The van der Waals surface area contributed by atoms with Gasteiger partial charge in [-0.05, 0) is 52.7 Å². The number of anilines is 1. The Kier molecular flexibility index (Phi) is 4.69. The normalized spacial score (nSPS) is 17.0. The summed E-state index contributed by atoms with van der Waals surface area (Å²) in [7, 11) is 1.39. The molecule has 3 rings (SSSR count). The van der Waals surface area contributed by atoms with Crippen LogP contribution in [0.15, 0.2) is 52.3 Å². The topological polar surface area (TPSA) is 100.0 Å². The number of methoxy groups -OCH3 is 1. The number of amides is 1. The summed E-state index contributed by atoms with van der Waals surface area (Å²) in [6, 6.07) is 6.89. The molecule has 1 amide bonds. The molecule has 0 bridgehead atoms. The summed E-state index contributed by atoms with van der Waals surface area (Å²) in [6.07, 6.45) is 1.51. The van der Waals surface area contributed by atoms with E-state index in [0.717, 1.165) is 4.47 Å². The minimum atomic E-state index is -0.886. The van der Waals surface area contributed by atoms with Crippen LogP contribution in [0.2, 0.25) is 0 Å². The zero-order valence-electron chi connectivity index (χ0n) is 13.9. The van der Waals surface area contributed by atoms with Crippen molar-refractivity contribution in [2.24, 2.45) is 0 Å². The predicted octanol–water partition coefficient (Wildman–Crippen LogP) is 3.05. The van der Waals surface area contributed by atoms with Crippen molar-refractivity contribution in [3.63, 3.8) is 0 Å². The number of hydrogen-bond acceptors (Lipinski definition) is 6. The maximum atomic E-state index is 12.6. The summed E-state index contributed by atoms with van der Waals surface area (Å²) in [6.45, 7) is 1.28. The van der Waals surface area contributed by atoms with Gasteiger partial charge in [0.2, 0.25) is 0 Å². The van der Waals surface area contributed by atoms with Gasteiger partial charge in [0.05, 0.1) is 18.7 Å². The number of aromatic nitrogens is 1. The molecule has 1 atom stereocenters. The van der Waals surface area contributed by atoms with Crippen LogP contribution in [0.4, 0.5) is 5.82 Å². The number of ketones is 1. The van der Waals surface area contributed by atoms with Gasteiger partial charge in [-0.2, -0.15) is 0 Å². The lowest BCUT2D eigenvalue weighted by Crippen LogP contribution is -2.31. The molecule has 0 saturated carbocycles. The van der Waals surface area contributed by atoms with E-state index >= 15 is 0 Å². The van der Waals surface area contributed by atoms with Gasteiger partial charge in [-0.25, -0.2) is 4.98 Å². The monoisotopic (exact) mass is 418 g/mol. The Morgan fingerprint density at radius 1 is 1.27 bits per heavy atom. The van der Waals surface area contributed by atoms with E-state index in [1.165, 1.54) is 37.3 Å². The van der Waals surface area contributed by atoms with Crippen LogP contribution in [-0.4, -0.2) is 34.0 Å². The first-order valence-corrected chi connectivity index (χ1v) is 8.40. The molecule has 1 aliphatic heterocycles. The molecule has 26 heavy (non-hydrogen) atoms. The van der Waals surface area contributed by atoms with Crippen molar-refractivity contribution in [3.05, 3.63) is 57.9 Å². The second-order valence-corrected chi connectivity index (χ2v) is 6.58. The number of carbonyl (C=O) groups excluding carboxylic acids is 2. The van der Waals surface area contributed by atoms with E-state index in [2.05, 4.69) is 20.9 Å². The molecule has 1 aliphatic rings. The van der Waals surface area contributed by atoms with Gasteiger partial charge in [-0.15, -0.1) is 0 Å². The third kappa shape index (κ3) is 2.92. The molecule has 8 heteroatoms. The van der Waals surface area contributed by atoms with E-state index in [1.54, 1.807) is 18.2 Å². The van der Waals surface area contributed by atoms with Gasteiger partial charge in [-0.1, -0.05) is 6.07 Å². The number of nitrogens with zero attached hydrogens (tertiary/aromatic N) is 2. The van der Waals surface area contributed by atoms with E-state index in [9.17, 15) is 19.8 Å². The summed E-state index contributed by atoms with van der Waals surface area (Å²) < 4.78 is 5.83. The van der Waals surface area contributed by atoms with Crippen LogP contribution in [0.5, 0.6) is 11.5 Å². The highest BCUT2D eigenvalue weighted by atomic mass is 79.9. The highest BCUT2D eigenvalue weighted by Crippen LogP contribution is 2.42. The number of benzene rings is 1. The molecule has 0 radical (unpaired) electrons. The van der Waals surface area contributed by atoms with Crippen LogP contribution in [0.1, 0.15) is 18.5 Å². The second kappa shape index (κ2) is 6.80. The molecule has 0 fully saturated rings. The first-order chi connectivity index (χ1) is 12.3. The molecule has 1 aromatic heterocycles.